The molecule has 0 radical (unpaired) electrons. The van der Waals surface area contributed by atoms with Crippen molar-refractivity contribution >= 4 is 39.4 Å². The van der Waals surface area contributed by atoms with Crippen LogP contribution in [-0.2, 0) is 5.41 Å². The highest BCUT2D eigenvalue weighted by atomic mass is 16.1. The van der Waals surface area contributed by atoms with Gasteiger partial charge in [-0.3, -0.25) is 4.79 Å². The molecular weight excluding hydrogens is 418 g/mol. The molecule has 0 unspecified atom stereocenters. The lowest BCUT2D eigenvalue weighted by atomic mass is 9.83. The molecule has 0 saturated carbocycles. The van der Waals surface area contributed by atoms with Crippen LogP contribution in [0.5, 0.6) is 0 Å². The summed E-state index contributed by atoms with van der Waals surface area (Å²) in [5, 5.41) is 9.04. The number of benzene rings is 4. The van der Waals surface area contributed by atoms with Gasteiger partial charge in [-0.1, -0.05) is 69.3 Å². The SMILES string of the molecule is CC(C)(C)c1ccccc1C(=O)Nc1ccc(N2C=CCNc3c2ccc2ccccc32)cc1. The Labute approximate surface area is 200 Å². The Hall–Kier alpha value is -4.05. The van der Waals surface area contributed by atoms with Crippen LogP contribution in [0.2, 0.25) is 0 Å². The molecule has 0 bridgehead atoms. The van der Waals surface area contributed by atoms with Crippen molar-refractivity contribution in [1.29, 1.82) is 0 Å². The summed E-state index contributed by atoms with van der Waals surface area (Å²) in [6.45, 7) is 7.13. The standard InChI is InChI=1S/C30H29N3O/c1-30(2,3)26-12-7-6-11-25(26)29(34)32-22-14-16-23(17-15-22)33-20-8-19-31-28-24-10-5-4-9-21(24)13-18-27(28)33/h4-18,20,31H,19H2,1-3H3,(H,32,34). The Morgan fingerprint density at radius 2 is 1.62 bits per heavy atom. The van der Waals surface area contributed by atoms with Crippen molar-refractivity contribution in [3.63, 3.8) is 0 Å². The first-order valence-electron chi connectivity index (χ1n) is 11.6. The van der Waals surface area contributed by atoms with Crippen molar-refractivity contribution in [2.24, 2.45) is 0 Å². The Bertz CT molecular complexity index is 1380. The zero-order valence-corrected chi connectivity index (χ0v) is 19.8. The second kappa shape index (κ2) is 8.71. The summed E-state index contributed by atoms with van der Waals surface area (Å²) in [6.07, 6.45) is 4.22. The van der Waals surface area contributed by atoms with Crippen LogP contribution in [0.15, 0.2) is 97.2 Å². The van der Waals surface area contributed by atoms with Crippen molar-refractivity contribution in [3.05, 3.63) is 108 Å². The Morgan fingerprint density at radius 1 is 0.882 bits per heavy atom. The molecule has 34 heavy (non-hydrogen) atoms. The van der Waals surface area contributed by atoms with E-state index in [2.05, 4.69) is 85.0 Å². The van der Waals surface area contributed by atoms with Gasteiger partial charge in [-0.25, -0.2) is 0 Å². The van der Waals surface area contributed by atoms with Crippen LogP contribution < -0.4 is 15.5 Å². The molecule has 4 nitrogen and oxygen atoms in total. The molecule has 0 fully saturated rings. The lowest BCUT2D eigenvalue weighted by molar-refractivity contribution is 0.102. The molecule has 0 saturated heterocycles. The van der Waals surface area contributed by atoms with Gasteiger partial charge in [0, 0.05) is 35.1 Å². The van der Waals surface area contributed by atoms with Crippen LogP contribution in [0.25, 0.3) is 10.8 Å². The number of fused-ring (bicyclic) bond motifs is 3. The van der Waals surface area contributed by atoms with Gasteiger partial charge in [-0.05, 0) is 58.8 Å². The van der Waals surface area contributed by atoms with Gasteiger partial charge in [0.25, 0.3) is 5.91 Å². The summed E-state index contributed by atoms with van der Waals surface area (Å²) in [6, 6.07) is 28.5. The topological polar surface area (TPSA) is 44.4 Å². The van der Waals surface area contributed by atoms with Crippen molar-refractivity contribution < 1.29 is 4.79 Å². The highest BCUT2D eigenvalue weighted by Gasteiger charge is 2.21. The minimum atomic E-state index is -0.109. The number of rotatable bonds is 3. The molecular formula is C30H29N3O. The maximum Gasteiger partial charge on any atom is 0.255 e. The normalized spacial score (nSPS) is 13.2. The monoisotopic (exact) mass is 447 g/mol. The second-order valence-electron chi connectivity index (χ2n) is 9.61. The molecule has 4 heteroatoms. The van der Waals surface area contributed by atoms with E-state index in [1.807, 2.05) is 48.5 Å². The van der Waals surface area contributed by atoms with Crippen molar-refractivity contribution in [3.8, 4) is 0 Å². The summed E-state index contributed by atoms with van der Waals surface area (Å²) in [5.74, 6) is -0.0889. The molecule has 0 aromatic heterocycles. The van der Waals surface area contributed by atoms with Crippen LogP contribution in [0.3, 0.4) is 0 Å². The molecule has 4 aromatic rings. The Balaban J connectivity index is 1.43. The van der Waals surface area contributed by atoms with Crippen LogP contribution in [-0.4, -0.2) is 12.5 Å². The average molecular weight is 448 g/mol. The molecule has 0 atom stereocenters. The second-order valence-corrected chi connectivity index (χ2v) is 9.61. The maximum atomic E-state index is 13.1. The van der Waals surface area contributed by atoms with E-state index in [-0.39, 0.29) is 11.3 Å². The van der Waals surface area contributed by atoms with E-state index in [0.29, 0.717) is 5.56 Å². The van der Waals surface area contributed by atoms with E-state index >= 15 is 0 Å². The van der Waals surface area contributed by atoms with E-state index in [1.54, 1.807) is 0 Å². The van der Waals surface area contributed by atoms with Crippen LogP contribution >= 0.6 is 0 Å². The van der Waals surface area contributed by atoms with E-state index in [4.69, 9.17) is 0 Å². The zero-order chi connectivity index (χ0) is 23.7. The maximum absolute atomic E-state index is 13.1. The minimum absolute atomic E-state index is 0.0889. The smallest absolute Gasteiger partial charge is 0.255 e. The molecule has 1 aliphatic rings. The third-order valence-corrected chi connectivity index (χ3v) is 6.20. The summed E-state index contributed by atoms with van der Waals surface area (Å²) >= 11 is 0. The first-order chi connectivity index (χ1) is 16.4. The van der Waals surface area contributed by atoms with Gasteiger partial charge in [0.05, 0.1) is 11.4 Å². The van der Waals surface area contributed by atoms with E-state index in [9.17, 15) is 4.79 Å². The third kappa shape index (κ3) is 4.15. The zero-order valence-electron chi connectivity index (χ0n) is 19.8. The fourth-order valence-electron chi connectivity index (χ4n) is 4.51. The number of anilines is 4. The first kappa shape index (κ1) is 21.8. The predicted molar refractivity (Wildman–Crippen MR) is 143 cm³/mol. The molecule has 1 heterocycles. The molecule has 170 valence electrons. The summed E-state index contributed by atoms with van der Waals surface area (Å²) < 4.78 is 0. The first-order valence-corrected chi connectivity index (χ1v) is 11.6. The van der Waals surface area contributed by atoms with Gasteiger partial charge in [0.1, 0.15) is 0 Å². The molecule has 1 amide bonds. The minimum Gasteiger partial charge on any atom is -0.379 e. The molecule has 4 aromatic carbocycles. The summed E-state index contributed by atoms with van der Waals surface area (Å²) in [7, 11) is 0. The lowest BCUT2D eigenvalue weighted by Crippen LogP contribution is -2.20. The number of amides is 1. The highest BCUT2D eigenvalue weighted by molar-refractivity contribution is 6.06. The average Bonchev–Trinajstić information content (AvgIpc) is 3.07. The molecule has 5 rings (SSSR count). The van der Waals surface area contributed by atoms with Gasteiger partial charge in [0.15, 0.2) is 0 Å². The van der Waals surface area contributed by atoms with Gasteiger partial charge in [-0.15, -0.1) is 0 Å². The van der Waals surface area contributed by atoms with Crippen LogP contribution in [0, 0.1) is 0 Å². The van der Waals surface area contributed by atoms with Crippen molar-refractivity contribution in [2.75, 3.05) is 22.1 Å². The highest BCUT2D eigenvalue weighted by Crippen LogP contribution is 2.39. The Morgan fingerprint density at radius 3 is 2.41 bits per heavy atom. The van der Waals surface area contributed by atoms with Gasteiger partial charge < -0.3 is 15.5 Å². The number of hydrogen-bond donors (Lipinski definition) is 2. The number of nitrogens with one attached hydrogen (secondary N) is 2. The van der Waals surface area contributed by atoms with Crippen molar-refractivity contribution in [2.45, 2.75) is 26.2 Å². The van der Waals surface area contributed by atoms with Gasteiger partial charge >= 0.3 is 0 Å². The predicted octanol–water partition coefficient (Wildman–Crippen LogP) is 7.47. The molecule has 1 aliphatic heterocycles. The van der Waals surface area contributed by atoms with E-state index < -0.39 is 0 Å². The molecule has 0 aliphatic carbocycles. The Kier molecular flexibility index (Phi) is 5.58. The molecule has 0 spiro atoms. The van der Waals surface area contributed by atoms with E-state index in [1.165, 1.54) is 10.8 Å². The fraction of sp³-hybridized carbons (Fsp3) is 0.167. The van der Waals surface area contributed by atoms with Gasteiger partial charge in [0.2, 0.25) is 0 Å². The fourth-order valence-corrected chi connectivity index (χ4v) is 4.51. The largest absolute Gasteiger partial charge is 0.379 e. The van der Waals surface area contributed by atoms with Crippen LogP contribution in [0.1, 0.15) is 36.7 Å². The quantitative estimate of drug-likeness (QED) is 0.342. The summed E-state index contributed by atoms with van der Waals surface area (Å²) in [5.41, 5.74) is 5.67. The van der Waals surface area contributed by atoms with E-state index in [0.717, 1.165) is 34.9 Å². The molecule has 2 N–H and O–H groups in total. The number of hydrogen-bond acceptors (Lipinski definition) is 3. The van der Waals surface area contributed by atoms with Crippen LogP contribution in [0.4, 0.5) is 22.7 Å². The van der Waals surface area contributed by atoms with Crippen molar-refractivity contribution in [1.82, 2.24) is 0 Å². The summed E-state index contributed by atoms with van der Waals surface area (Å²) in [4.78, 5) is 15.2. The number of carbonyl (C=O) groups excluding carboxylic acids is 1. The lowest BCUT2D eigenvalue weighted by Gasteiger charge is -2.24. The number of carbonyl (C=O) groups is 1. The number of nitrogens with zero attached hydrogens (tertiary/aromatic N) is 1. The third-order valence-electron chi connectivity index (χ3n) is 6.20. The van der Waals surface area contributed by atoms with Gasteiger partial charge in [-0.2, -0.15) is 0 Å².